The summed E-state index contributed by atoms with van der Waals surface area (Å²) >= 11 is 1.67. The summed E-state index contributed by atoms with van der Waals surface area (Å²) in [7, 11) is 8.29. The number of anilines is 3. The molecule has 4 aromatic rings. The van der Waals surface area contributed by atoms with Crippen LogP contribution < -0.4 is 20.7 Å². The number of para-hydroxylation sites is 1. The molecule has 0 bridgehead atoms. The first-order chi connectivity index (χ1) is 18.5. The topological polar surface area (TPSA) is 90.5 Å². The third-order valence-electron chi connectivity index (χ3n) is 5.87. The second-order valence-electron chi connectivity index (χ2n) is 9.64. The van der Waals surface area contributed by atoms with Crippen LogP contribution in [0, 0.1) is 0 Å². The number of benzene rings is 2. The Morgan fingerprint density at radius 2 is 1.79 bits per heavy atom. The van der Waals surface area contributed by atoms with E-state index in [0.717, 1.165) is 65.8 Å². The zero-order valence-electron chi connectivity index (χ0n) is 22.7. The summed E-state index contributed by atoms with van der Waals surface area (Å²) < 4.78 is 5.89. The third kappa shape index (κ3) is 8.27. The summed E-state index contributed by atoms with van der Waals surface area (Å²) in [5.74, 6) is 1.67. The fourth-order valence-electron chi connectivity index (χ4n) is 4.03. The normalized spacial score (nSPS) is 11.3. The van der Waals surface area contributed by atoms with Crippen LogP contribution in [0.1, 0.15) is 16.9 Å². The van der Waals surface area contributed by atoms with Gasteiger partial charge in [0, 0.05) is 54.3 Å². The van der Waals surface area contributed by atoms with E-state index in [-0.39, 0.29) is 0 Å². The minimum Gasteiger partial charge on any atom is -0.493 e. The molecule has 0 amide bonds. The molecule has 0 aliphatic rings. The molecule has 3 N–H and O–H groups in total. The Kier molecular flexibility index (Phi) is 10.1. The van der Waals surface area contributed by atoms with Crippen LogP contribution in [0.2, 0.25) is 0 Å². The van der Waals surface area contributed by atoms with Crippen molar-refractivity contribution < 1.29 is 4.74 Å². The fourth-order valence-corrected chi connectivity index (χ4v) is 4.84. The Hall–Kier alpha value is -3.47. The number of ether oxygens (including phenoxy) is 1. The largest absolute Gasteiger partial charge is 0.493 e. The van der Waals surface area contributed by atoms with E-state index in [9.17, 15) is 0 Å². The number of hydrogen-bond acceptors (Lipinski definition) is 10. The van der Waals surface area contributed by atoms with Gasteiger partial charge in [0.05, 0.1) is 18.8 Å². The van der Waals surface area contributed by atoms with Crippen LogP contribution in [0.5, 0.6) is 5.75 Å². The summed E-state index contributed by atoms with van der Waals surface area (Å²) in [6.45, 7) is 3.96. The molecule has 0 aliphatic carbocycles. The molecule has 0 unspecified atom stereocenters. The quantitative estimate of drug-likeness (QED) is 0.149. The predicted molar refractivity (Wildman–Crippen MR) is 158 cm³/mol. The number of hydrogen-bond donors (Lipinski definition) is 3. The maximum atomic E-state index is 5.89. The molecular weight excluding hydrogens is 496 g/mol. The van der Waals surface area contributed by atoms with Crippen LogP contribution in [-0.4, -0.2) is 79.3 Å². The molecule has 2 aromatic carbocycles. The average molecular weight is 535 g/mol. The average Bonchev–Trinajstić information content (AvgIpc) is 3.34. The molecule has 0 spiro atoms. The molecule has 0 saturated heterocycles. The zero-order chi connectivity index (χ0) is 26.7. The highest BCUT2D eigenvalue weighted by Gasteiger charge is 2.07. The lowest BCUT2D eigenvalue weighted by Gasteiger charge is -2.15. The van der Waals surface area contributed by atoms with Gasteiger partial charge in [0.15, 0.2) is 5.13 Å². The van der Waals surface area contributed by atoms with Crippen molar-refractivity contribution >= 4 is 38.9 Å². The number of fused-ring (bicyclic) bond motifs is 1. The van der Waals surface area contributed by atoms with Gasteiger partial charge in [-0.3, -0.25) is 0 Å². The zero-order valence-corrected chi connectivity index (χ0v) is 23.5. The Labute approximate surface area is 229 Å². The van der Waals surface area contributed by atoms with Gasteiger partial charge in [-0.05, 0) is 58.4 Å². The summed E-state index contributed by atoms with van der Waals surface area (Å²) in [5, 5.41) is 12.2. The second kappa shape index (κ2) is 13.9. The van der Waals surface area contributed by atoms with Crippen molar-refractivity contribution in [3.05, 3.63) is 65.4 Å². The molecule has 2 heterocycles. The van der Waals surface area contributed by atoms with E-state index >= 15 is 0 Å². The molecule has 0 atom stereocenters. The molecular formula is C28H38N8OS. The van der Waals surface area contributed by atoms with E-state index in [1.54, 1.807) is 17.7 Å². The van der Waals surface area contributed by atoms with Crippen LogP contribution in [0.15, 0.2) is 55.0 Å². The van der Waals surface area contributed by atoms with Gasteiger partial charge in [-0.1, -0.05) is 18.2 Å². The minimum atomic E-state index is 0.615. The summed E-state index contributed by atoms with van der Waals surface area (Å²) in [5.41, 5.74) is 3.28. The number of thiazole rings is 1. The first kappa shape index (κ1) is 27.6. The smallest absolute Gasteiger partial charge is 0.184 e. The maximum Gasteiger partial charge on any atom is 0.184 e. The molecule has 38 heavy (non-hydrogen) atoms. The molecule has 4 rings (SSSR count). The van der Waals surface area contributed by atoms with Crippen molar-refractivity contribution in [3.8, 4) is 5.75 Å². The van der Waals surface area contributed by atoms with Crippen molar-refractivity contribution in [2.75, 3.05) is 70.5 Å². The van der Waals surface area contributed by atoms with Crippen molar-refractivity contribution in [3.63, 3.8) is 0 Å². The van der Waals surface area contributed by atoms with E-state index < -0.39 is 0 Å². The van der Waals surface area contributed by atoms with E-state index in [4.69, 9.17) is 4.74 Å². The van der Waals surface area contributed by atoms with E-state index in [0.29, 0.717) is 13.3 Å². The van der Waals surface area contributed by atoms with Gasteiger partial charge in [-0.25, -0.2) is 15.0 Å². The van der Waals surface area contributed by atoms with Crippen LogP contribution in [0.3, 0.4) is 0 Å². The molecule has 0 radical (unpaired) electrons. The molecule has 0 aliphatic heterocycles. The van der Waals surface area contributed by atoms with Gasteiger partial charge in [0.25, 0.3) is 0 Å². The Morgan fingerprint density at radius 1 is 0.921 bits per heavy atom. The monoisotopic (exact) mass is 534 g/mol. The standard InChI is InChI=1S/C28H38N8OS/c1-35(2)14-7-15-37-22-10-11-24-26(16-22)32-19-33-27(24)29-13-12-23-17-30-28(38-23)34-20-31-25-9-6-5-8-21(25)18-36(3)4/h5-6,8-11,16-17,19,31H,7,12-15,18,20H2,1-4H3,(H,30,34)(H,29,32,33). The lowest BCUT2D eigenvalue weighted by molar-refractivity contribution is 0.282. The summed E-state index contributed by atoms with van der Waals surface area (Å²) in [6.07, 6.45) is 5.38. The maximum absolute atomic E-state index is 5.89. The van der Waals surface area contributed by atoms with Crippen LogP contribution >= 0.6 is 11.3 Å². The minimum absolute atomic E-state index is 0.615. The highest BCUT2D eigenvalue weighted by atomic mass is 32.1. The van der Waals surface area contributed by atoms with Crippen LogP contribution in [0.4, 0.5) is 16.6 Å². The van der Waals surface area contributed by atoms with Crippen LogP contribution in [0.25, 0.3) is 10.9 Å². The lowest BCUT2D eigenvalue weighted by Crippen LogP contribution is -2.16. The fraction of sp³-hybridized carbons (Fsp3) is 0.393. The molecule has 10 heteroatoms. The Morgan fingerprint density at radius 3 is 2.63 bits per heavy atom. The van der Waals surface area contributed by atoms with Gasteiger partial charge in [-0.2, -0.15) is 0 Å². The first-order valence-electron chi connectivity index (χ1n) is 12.9. The van der Waals surface area contributed by atoms with Gasteiger partial charge in [0.2, 0.25) is 0 Å². The van der Waals surface area contributed by atoms with Crippen molar-refractivity contribution in [2.45, 2.75) is 19.4 Å². The van der Waals surface area contributed by atoms with Crippen LogP contribution in [-0.2, 0) is 13.0 Å². The van der Waals surface area contributed by atoms with E-state index in [2.05, 4.69) is 93.2 Å². The van der Waals surface area contributed by atoms with Crippen molar-refractivity contribution in [1.82, 2.24) is 24.8 Å². The van der Waals surface area contributed by atoms with E-state index in [1.165, 1.54) is 10.4 Å². The molecule has 0 saturated carbocycles. The first-order valence-corrected chi connectivity index (χ1v) is 13.7. The van der Waals surface area contributed by atoms with Crippen molar-refractivity contribution in [1.29, 1.82) is 0 Å². The highest BCUT2D eigenvalue weighted by Crippen LogP contribution is 2.25. The molecule has 202 valence electrons. The highest BCUT2D eigenvalue weighted by molar-refractivity contribution is 7.15. The molecule has 0 fully saturated rings. The Bertz CT molecular complexity index is 1290. The summed E-state index contributed by atoms with van der Waals surface area (Å²) in [4.78, 5) is 19.0. The van der Waals surface area contributed by atoms with Gasteiger partial charge >= 0.3 is 0 Å². The predicted octanol–water partition coefficient (Wildman–Crippen LogP) is 4.61. The van der Waals surface area contributed by atoms with E-state index in [1.807, 2.05) is 24.4 Å². The summed E-state index contributed by atoms with van der Waals surface area (Å²) in [6, 6.07) is 14.4. The number of nitrogens with zero attached hydrogens (tertiary/aromatic N) is 5. The number of rotatable bonds is 15. The van der Waals surface area contributed by atoms with Gasteiger partial charge in [0.1, 0.15) is 17.9 Å². The SMILES string of the molecule is CN(C)CCCOc1ccc2c(NCCc3cnc(NCNc4ccccc4CN(C)C)s3)ncnc2c1. The third-order valence-corrected chi connectivity index (χ3v) is 6.88. The molecule has 9 nitrogen and oxygen atoms in total. The second-order valence-corrected chi connectivity index (χ2v) is 10.8. The number of nitrogens with one attached hydrogen (secondary N) is 3. The van der Waals surface area contributed by atoms with Crippen molar-refractivity contribution in [2.24, 2.45) is 0 Å². The van der Waals surface area contributed by atoms with Gasteiger partial charge < -0.3 is 30.5 Å². The van der Waals surface area contributed by atoms with Gasteiger partial charge in [-0.15, -0.1) is 11.3 Å². The molecule has 2 aromatic heterocycles. The Balaban J connectivity index is 1.24. The lowest BCUT2D eigenvalue weighted by atomic mass is 10.1. The number of aromatic nitrogens is 3.